The number of hydrogen-bond donors (Lipinski definition) is 0. The lowest BCUT2D eigenvalue weighted by molar-refractivity contribution is 0.312. The first-order valence-electron chi connectivity index (χ1n) is 6.99. The Kier molecular flexibility index (Phi) is 3.98. The average Bonchev–Trinajstić information content (AvgIpc) is 2.88. The van der Waals surface area contributed by atoms with E-state index in [-0.39, 0.29) is 8.15 Å². The molecule has 2 aliphatic rings. The molecule has 0 N–H and O–H groups in total. The number of rotatable bonds is 4. The summed E-state index contributed by atoms with van der Waals surface area (Å²) in [5, 5.41) is 0. The lowest BCUT2D eigenvalue weighted by Crippen LogP contribution is -2.21. The first kappa shape index (κ1) is 12.6. The van der Waals surface area contributed by atoms with Crippen molar-refractivity contribution in [2.24, 2.45) is 11.8 Å². The van der Waals surface area contributed by atoms with Crippen molar-refractivity contribution in [3.05, 3.63) is 35.9 Å². The minimum Gasteiger partial charge on any atom is -0.359 e. The molecule has 2 fully saturated rings. The summed E-state index contributed by atoms with van der Waals surface area (Å²) in [6.07, 6.45) is 2.69. The van der Waals surface area contributed by atoms with Crippen molar-refractivity contribution in [2.75, 3.05) is 32.0 Å². The summed E-state index contributed by atoms with van der Waals surface area (Å²) in [7, 11) is -0.0834. The molecule has 2 saturated heterocycles. The van der Waals surface area contributed by atoms with Gasteiger partial charge in [-0.05, 0) is 36.6 Å². The van der Waals surface area contributed by atoms with Crippen molar-refractivity contribution in [3.63, 3.8) is 0 Å². The molecule has 3 heteroatoms. The van der Waals surface area contributed by atoms with Crippen molar-refractivity contribution >= 4 is 8.15 Å². The zero-order valence-electron chi connectivity index (χ0n) is 11.1. The van der Waals surface area contributed by atoms with Gasteiger partial charge in [-0.2, -0.15) is 0 Å². The molecule has 3 rings (SSSR count). The maximum atomic E-state index is 5.84. The van der Waals surface area contributed by atoms with Crippen LogP contribution >= 0.6 is 8.15 Å². The monoisotopic (exact) mass is 263 g/mol. The largest absolute Gasteiger partial charge is 0.359 e. The number of benzene rings is 1. The Morgan fingerprint density at radius 1 is 1.17 bits per heavy atom. The van der Waals surface area contributed by atoms with Gasteiger partial charge in [-0.25, -0.2) is 0 Å². The van der Waals surface area contributed by atoms with Crippen molar-refractivity contribution in [1.29, 1.82) is 0 Å². The molecule has 98 valence electrons. The summed E-state index contributed by atoms with van der Waals surface area (Å²) in [5.41, 5.74) is 1.45. The summed E-state index contributed by atoms with van der Waals surface area (Å²) in [4.78, 5) is 2.63. The Bertz CT molecular complexity index is 369. The second-order valence-corrected chi connectivity index (χ2v) is 7.42. The van der Waals surface area contributed by atoms with E-state index in [1.807, 2.05) is 0 Å². The summed E-state index contributed by atoms with van der Waals surface area (Å²) in [6.45, 7) is 6.72. The Balaban J connectivity index is 1.53. The van der Waals surface area contributed by atoms with Gasteiger partial charge in [-0.3, -0.25) is 4.90 Å². The number of hydrogen-bond acceptors (Lipinski definition) is 2. The molecule has 0 spiro atoms. The van der Waals surface area contributed by atoms with Crippen LogP contribution in [0.1, 0.15) is 12.5 Å². The fourth-order valence-electron chi connectivity index (χ4n) is 3.31. The highest BCUT2D eigenvalue weighted by Crippen LogP contribution is 2.52. The lowest BCUT2D eigenvalue weighted by atomic mass is 10.0. The highest BCUT2D eigenvalue weighted by Gasteiger charge is 2.41. The van der Waals surface area contributed by atoms with Gasteiger partial charge in [0.05, 0.1) is 0 Å². The van der Waals surface area contributed by atoms with E-state index >= 15 is 0 Å². The summed E-state index contributed by atoms with van der Waals surface area (Å²) < 4.78 is 5.84. The van der Waals surface area contributed by atoms with Crippen molar-refractivity contribution < 1.29 is 4.52 Å². The zero-order chi connectivity index (χ0) is 12.4. The van der Waals surface area contributed by atoms with Gasteiger partial charge in [0.25, 0.3) is 0 Å². The SMILES string of the molecule is CCOP1CC2CN(Cc3ccccc3)CC2C1. The summed E-state index contributed by atoms with van der Waals surface area (Å²) in [5.74, 6) is 1.82. The summed E-state index contributed by atoms with van der Waals surface area (Å²) >= 11 is 0. The lowest BCUT2D eigenvalue weighted by Gasteiger charge is -2.18. The van der Waals surface area contributed by atoms with E-state index in [1.54, 1.807) is 0 Å². The highest BCUT2D eigenvalue weighted by molar-refractivity contribution is 7.52. The van der Waals surface area contributed by atoms with E-state index in [0.29, 0.717) is 0 Å². The molecule has 2 heterocycles. The maximum absolute atomic E-state index is 5.84. The fourth-order valence-corrected chi connectivity index (χ4v) is 5.90. The normalized spacial score (nSPS) is 31.7. The van der Waals surface area contributed by atoms with Gasteiger partial charge in [0.2, 0.25) is 0 Å². The topological polar surface area (TPSA) is 12.5 Å². The Morgan fingerprint density at radius 2 is 1.83 bits per heavy atom. The van der Waals surface area contributed by atoms with Crippen molar-refractivity contribution in [1.82, 2.24) is 4.90 Å². The van der Waals surface area contributed by atoms with Crippen LogP contribution in [0.15, 0.2) is 30.3 Å². The molecule has 0 aromatic heterocycles. The number of nitrogens with zero attached hydrogens (tertiary/aromatic N) is 1. The minimum atomic E-state index is -0.0834. The van der Waals surface area contributed by atoms with Gasteiger partial charge < -0.3 is 4.52 Å². The van der Waals surface area contributed by atoms with Crippen LogP contribution in [-0.2, 0) is 11.1 Å². The Hall–Kier alpha value is -0.430. The molecule has 2 unspecified atom stereocenters. The van der Waals surface area contributed by atoms with Gasteiger partial charge in [0.1, 0.15) is 0 Å². The van der Waals surface area contributed by atoms with Crippen LogP contribution in [0.2, 0.25) is 0 Å². The van der Waals surface area contributed by atoms with E-state index in [9.17, 15) is 0 Å². The van der Waals surface area contributed by atoms with Gasteiger partial charge in [0.15, 0.2) is 0 Å². The second-order valence-electron chi connectivity index (χ2n) is 5.46. The molecule has 0 amide bonds. The van der Waals surface area contributed by atoms with Gasteiger partial charge in [-0.15, -0.1) is 0 Å². The minimum absolute atomic E-state index is 0.0834. The number of fused-ring (bicyclic) bond motifs is 1. The van der Waals surface area contributed by atoms with E-state index < -0.39 is 0 Å². The van der Waals surface area contributed by atoms with E-state index in [0.717, 1.165) is 25.0 Å². The molecular formula is C15H22NOP. The van der Waals surface area contributed by atoms with E-state index in [4.69, 9.17) is 4.52 Å². The molecule has 2 atom stereocenters. The third kappa shape index (κ3) is 2.77. The van der Waals surface area contributed by atoms with Crippen LogP contribution in [0.5, 0.6) is 0 Å². The molecular weight excluding hydrogens is 241 g/mol. The van der Waals surface area contributed by atoms with Crippen LogP contribution in [0.3, 0.4) is 0 Å². The fraction of sp³-hybridized carbons (Fsp3) is 0.600. The molecule has 2 nitrogen and oxygen atoms in total. The first-order chi connectivity index (χ1) is 8.85. The summed E-state index contributed by atoms with van der Waals surface area (Å²) in [6, 6.07) is 10.8. The van der Waals surface area contributed by atoms with Crippen LogP contribution in [0.4, 0.5) is 0 Å². The zero-order valence-corrected chi connectivity index (χ0v) is 12.0. The van der Waals surface area contributed by atoms with Crippen molar-refractivity contribution in [2.45, 2.75) is 13.5 Å². The molecule has 0 bridgehead atoms. The molecule has 0 aliphatic carbocycles. The molecule has 2 aliphatic heterocycles. The quantitative estimate of drug-likeness (QED) is 0.774. The molecule has 1 aromatic rings. The molecule has 0 saturated carbocycles. The average molecular weight is 263 g/mol. The Morgan fingerprint density at radius 3 is 2.44 bits per heavy atom. The highest BCUT2D eigenvalue weighted by atomic mass is 31.1. The molecule has 18 heavy (non-hydrogen) atoms. The van der Waals surface area contributed by atoms with Crippen LogP contribution in [-0.4, -0.2) is 36.9 Å². The second kappa shape index (κ2) is 5.69. The van der Waals surface area contributed by atoms with E-state index in [1.165, 1.54) is 31.0 Å². The third-order valence-corrected chi connectivity index (χ3v) is 6.46. The van der Waals surface area contributed by atoms with Gasteiger partial charge >= 0.3 is 0 Å². The molecule has 1 aromatic carbocycles. The van der Waals surface area contributed by atoms with Gasteiger partial charge in [0, 0.05) is 34.4 Å². The van der Waals surface area contributed by atoms with Crippen LogP contribution < -0.4 is 0 Å². The van der Waals surface area contributed by atoms with E-state index in [2.05, 4.69) is 42.2 Å². The smallest absolute Gasteiger partial charge is 0.0480 e. The standard InChI is InChI=1S/C15H22NOP/c1-2-17-18-11-14-9-16(10-15(14)12-18)8-13-6-4-3-5-7-13/h3-7,14-15H,2,8-12H2,1H3. The molecule has 0 radical (unpaired) electrons. The van der Waals surface area contributed by atoms with Gasteiger partial charge in [-0.1, -0.05) is 30.3 Å². The van der Waals surface area contributed by atoms with Crippen LogP contribution in [0, 0.1) is 11.8 Å². The maximum Gasteiger partial charge on any atom is 0.0480 e. The predicted molar refractivity (Wildman–Crippen MR) is 77.0 cm³/mol. The number of likely N-dealkylation sites (tertiary alicyclic amines) is 1. The Labute approximate surface area is 111 Å². The predicted octanol–water partition coefficient (Wildman–Crippen LogP) is 3.18. The van der Waals surface area contributed by atoms with Crippen molar-refractivity contribution in [3.8, 4) is 0 Å². The van der Waals surface area contributed by atoms with Crippen LogP contribution in [0.25, 0.3) is 0 Å². The first-order valence-corrected chi connectivity index (χ1v) is 8.62. The third-order valence-electron chi connectivity index (χ3n) is 4.09.